The van der Waals surface area contributed by atoms with Gasteiger partial charge in [0.2, 0.25) is 0 Å². The maximum absolute atomic E-state index is 6.32. The van der Waals surface area contributed by atoms with E-state index in [2.05, 4.69) is 60.2 Å². The van der Waals surface area contributed by atoms with Gasteiger partial charge in [-0.05, 0) is 74.1 Å². The van der Waals surface area contributed by atoms with Crippen molar-refractivity contribution in [2.45, 2.75) is 45.6 Å². The van der Waals surface area contributed by atoms with Gasteiger partial charge in [0, 0.05) is 34.7 Å². The average molecular weight is 418 g/mol. The summed E-state index contributed by atoms with van der Waals surface area (Å²) in [5.41, 5.74) is 6.90. The Hall–Kier alpha value is -2.92. The summed E-state index contributed by atoms with van der Waals surface area (Å²) in [5.74, 6) is 1.62. The molecule has 0 saturated heterocycles. The van der Waals surface area contributed by atoms with Gasteiger partial charge in [-0.1, -0.05) is 30.7 Å². The van der Waals surface area contributed by atoms with E-state index in [1.54, 1.807) is 4.52 Å². The van der Waals surface area contributed by atoms with Crippen LogP contribution in [0.4, 0.5) is 5.69 Å². The van der Waals surface area contributed by atoms with Crippen molar-refractivity contribution in [3.63, 3.8) is 0 Å². The Kier molecular flexibility index (Phi) is 4.33. The van der Waals surface area contributed by atoms with Crippen molar-refractivity contribution >= 4 is 23.1 Å². The summed E-state index contributed by atoms with van der Waals surface area (Å²) in [7, 11) is 0. The maximum Gasteiger partial charge on any atom is 0.252 e. The third kappa shape index (κ3) is 3.23. The molecule has 0 amide bonds. The number of aryl methyl sites for hydroxylation is 1. The van der Waals surface area contributed by atoms with Crippen LogP contribution in [0, 0.1) is 6.92 Å². The van der Waals surface area contributed by atoms with Gasteiger partial charge in [-0.25, -0.2) is 9.50 Å². The van der Waals surface area contributed by atoms with Crippen LogP contribution in [0.2, 0.25) is 5.02 Å². The third-order valence-electron chi connectivity index (χ3n) is 5.84. The standard InChI is InChI=1S/C24H24ClN5/c1-14-9-21-19(15(2)11-24(3,4)28-21)10-18(14)16-12-26-23-27-22(29-30(23)13-16)17-7-5-6-8-20(17)25/h5-10,12-13,15,28H,11H2,1-4H3/t15-/m0/s1. The molecule has 3 heterocycles. The van der Waals surface area contributed by atoms with E-state index in [1.165, 1.54) is 22.4 Å². The molecule has 1 N–H and O–H groups in total. The molecule has 2 aromatic heterocycles. The molecular formula is C24H24ClN5. The smallest absolute Gasteiger partial charge is 0.252 e. The first kappa shape index (κ1) is 19.1. The molecule has 30 heavy (non-hydrogen) atoms. The summed E-state index contributed by atoms with van der Waals surface area (Å²) in [4.78, 5) is 9.10. The lowest BCUT2D eigenvalue weighted by Gasteiger charge is -2.38. The van der Waals surface area contributed by atoms with Gasteiger partial charge in [0.15, 0.2) is 5.82 Å². The molecule has 152 valence electrons. The number of nitrogens with one attached hydrogen (secondary N) is 1. The topological polar surface area (TPSA) is 55.1 Å². The van der Waals surface area contributed by atoms with E-state index in [-0.39, 0.29) is 5.54 Å². The predicted octanol–water partition coefficient (Wildman–Crippen LogP) is 6.12. The first-order chi connectivity index (χ1) is 14.3. The lowest BCUT2D eigenvalue weighted by Crippen LogP contribution is -2.36. The van der Waals surface area contributed by atoms with Crippen LogP contribution < -0.4 is 5.32 Å². The van der Waals surface area contributed by atoms with Crippen LogP contribution >= 0.6 is 11.6 Å². The van der Waals surface area contributed by atoms with Gasteiger partial charge in [0.25, 0.3) is 5.78 Å². The van der Waals surface area contributed by atoms with E-state index < -0.39 is 0 Å². The van der Waals surface area contributed by atoms with Crippen molar-refractivity contribution in [2.24, 2.45) is 0 Å². The molecule has 0 saturated carbocycles. The number of nitrogens with zero attached hydrogens (tertiary/aromatic N) is 4. The number of aromatic nitrogens is 4. The Morgan fingerprint density at radius 3 is 2.77 bits per heavy atom. The van der Waals surface area contributed by atoms with Gasteiger partial charge < -0.3 is 5.32 Å². The number of fused-ring (bicyclic) bond motifs is 2. The van der Waals surface area contributed by atoms with Crippen LogP contribution in [0.5, 0.6) is 0 Å². The number of anilines is 1. The Morgan fingerprint density at radius 2 is 1.97 bits per heavy atom. The molecule has 6 heteroatoms. The fraction of sp³-hybridized carbons (Fsp3) is 0.292. The lowest BCUT2D eigenvalue weighted by molar-refractivity contribution is 0.454. The van der Waals surface area contributed by atoms with Gasteiger partial charge in [0.1, 0.15) is 0 Å². The fourth-order valence-corrected chi connectivity index (χ4v) is 4.74. The Morgan fingerprint density at radius 1 is 1.17 bits per heavy atom. The summed E-state index contributed by atoms with van der Waals surface area (Å²) in [6, 6.07) is 12.1. The minimum absolute atomic E-state index is 0.108. The van der Waals surface area contributed by atoms with E-state index in [0.717, 1.165) is 17.5 Å². The highest BCUT2D eigenvalue weighted by Crippen LogP contribution is 2.41. The van der Waals surface area contributed by atoms with E-state index in [1.807, 2.05) is 36.7 Å². The van der Waals surface area contributed by atoms with E-state index in [4.69, 9.17) is 11.6 Å². The van der Waals surface area contributed by atoms with Crippen LogP contribution in [0.15, 0.2) is 48.8 Å². The number of halogens is 1. The third-order valence-corrected chi connectivity index (χ3v) is 6.17. The number of hydrogen-bond acceptors (Lipinski definition) is 4. The molecule has 1 atom stereocenters. The molecule has 4 aromatic rings. The molecule has 5 nitrogen and oxygen atoms in total. The van der Waals surface area contributed by atoms with Gasteiger partial charge >= 0.3 is 0 Å². The predicted molar refractivity (Wildman–Crippen MR) is 122 cm³/mol. The van der Waals surface area contributed by atoms with Crippen molar-refractivity contribution in [1.82, 2.24) is 19.6 Å². The SMILES string of the molecule is Cc1cc2c(cc1-c1cnc3nc(-c4ccccc4Cl)nn3c1)[C@@H](C)CC(C)(C)N2. The summed E-state index contributed by atoms with van der Waals surface area (Å²) < 4.78 is 1.73. The molecule has 5 rings (SSSR count). The largest absolute Gasteiger partial charge is 0.380 e. The Labute approximate surface area is 181 Å². The highest BCUT2D eigenvalue weighted by atomic mass is 35.5. The van der Waals surface area contributed by atoms with E-state index in [9.17, 15) is 0 Å². The minimum atomic E-state index is 0.108. The Bertz CT molecular complexity index is 1270. The van der Waals surface area contributed by atoms with Crippen LogP contribution in [0.25, 0.3) is 28.3 Å². The second-order valence-electron chi connectivity index (χ2n) is 8.87. The fourth-order valence-electron chi connectivity index (χ4n) is 4.52. The molecule has 2 aromatic carbocycles. The van der Waals surface area contributed by atoms with Gasteiger partial charge in [0.05, 0.1) is 5.02 Å². The summed E-state index contributed by atoms with van der Waals surface area (Å²) in [6.45, 7) is 8.96. The zero-order valence-corrected chi connectivity index (χ0v) is 18.3. The first-order valence-corrected chi connectivity index (χ1v) is 10.6. The molecule has 0 radical (unpaired) electrons. The summed E-state index contributed by atoms with van der Waals surface area (Å²) in [6.07, 6.45) is 4.97. The number of benzene rings is 2. The zero-order valence-electron chi connectivity index (χ0n) is 17.6. The van der Waals surface area contributed by atoms with Crippen molar-refractivity contribution in [3.05, 3.63) is 64.9 Å². The monoisotopic (exact) mass is 417 g/mol. The second-order valence-corrected chi connectivity index (χ2v) is 9.28. The van der Waals surface area contributed by atoms with Crippen molar-refractivity contribution in [1.29, 1.82) is 0 Å². The van der Waals surface area contributed by atoms with Crippen LogP contribution in [-0.4, -0.2) is 25.1 Å². The minimum Gasteiger partial charge on any atom is -0.380 e. The normalized spacial score (nSPS) is 17.6. The van der Waals surface area contributed by atoms with Gasteiger partial charge in [-0.2, -0.15) is 4.98 Å². The van der Waals surface area contributed by atoms with Crippen molar-refractivity contribution in [2.75, 3.05) is 5.32 Å². The summed E-state index contributed by atoms with van der Waals surface area (Å²) in [5, 5.41) is 8.94. The molecule has 0 aliphatic carbocycles. The quantitative estimate of drug-likeness (QED) is 0.427. The van der Waals surface area contributed by atoms with Gasteiger partial charge in [-0.3, -0.25) is 0 Å². The number of rotatable bonds is 2. The second kappa shape index (κ2) is 6.81. The highest BCUT2D eigenvalue weighted by Gasteiger charge is 2.29. The van der Waals surface area contributed by atoms with Crippen molar-refractivity contribution < 1.29 is 0 Å². The van der Waals surface area contributed by atoms with Crippen LogP contribution in [0.1, 0.15) is 44.2 Å². The molecule has 0 unspecified atom stereocenters. The summed E-state index contributed by atoms with van der Waals surface area (Å²) >= 11 is 6.32. The van der Waals surface area contributed by atoms with E-state index >= 15 is 0 Å². The number of hydrogen-bond donors (Lipinski definition) is 1. The van der Waals surface area contributed by atoms with E-state index in [0.29, 0.717) is 22.5 Å². The molecule has 0 fully saturated rings. The molecule has 1 aliphatic heterocycles. The lowest BCUT2D eigenvalue weighted by atomic mass is 9.80. The molecule has 0 bridgehead atoms. The average Bonchev–Trinajstić information content (AvgIpc) is 3.10. The maximum atomic E-state index is 6.32. The van der Waals surface area contributed by atoms with Crippen LogP contribution in [-0.2, 0) is 0 Å². The molecule has 0 spiro atoms. The highest BCUT2D eigenvalue weighted by molar-refractivity contribution is 6.33. The van der Waals surface area contributed by atoms with Crippen molar-refractivity contribution in [3.8, 4) is 22.5 Å². The van der Waals surface area contributed by atoms with Gasteiger partial charge in [-0.15, -0.1) is 5.10 Å². The Balaban J connectivity index is 1.59. The zero-order chi connectivity index (χ0) is 21.0. The first-order valence-electron chi connectivity index (χ1n) is 10.2. The molecular weight excluding hydrogens is 394 g/mol. The van der Waals surface area contributed by atoms with Crippen LogP contribution in [0.3, 0.4) is 0 Å². The molecule has 1 aliphatic rings.